The monoisotopic (exact) mass is 281 g/mol. The van der Waals surface area contributed by atoms with Crippen LogP contribution in [0.4, 0.5) is 0 Å². The van der Waals surface area contributed by atoms with Crippen molar-refractivity contribution >= 4 is 22.0 Å². The molecule has 0 saturated heterocycles. The van der Waals surface area contributed by atoms with E-state index < -0.39 is 33.8 Å². The molecule has 0 heterocycles. The highest BCUT2D eigenvalue weighted by Crippen LogP contribution is 2.09. The van der Waals surface area contributed by atoms with Crippen LogP contribution in [-0.2, 0) is 24.3 Å². The van der Waals surface area contributed by atoms with E-state index in [0.29, 0.717) is 6.42 Å². The molecule has 0 spiro atoms. The minimum atomic E-state index is -4.01. The van der Waals surface area contributed by atoms with Gasteiger partial charge < -0.3 is 9.84 Å². The predicted molar refractivity (Wildman–Crippen MR) is 64.4 cm³/mol. The highest BCUT2D eigenvalue weighted by molar-refractivity contribution is 7.90. The fourth-order valence-corrected chi connectivity index (χ4v) is 2.44. The Kier molecular flexibility index (Phi) is 6.85. The van der Waals surface area contributed by atoms with Crippen LogP contribution in [0.15, 0.2) is 0 Å². The standard InChI is InChI=1S/C10H19NO6S/c1-4-7(3)9(10(13)14)11-18(15,16)6-8(12)17-5-2/h7,9,11H,4-6H2,1-3H3,(H,13,14)/t7-,9-/m0/s1. The van der Waals surface area contributed by atoms with Crippen LogP contribution >= 0.6 is 0 Å². The van der Waals surface area contributed by atoms with E-state index in [1.54, 1.807) is 20.8 Å². The third kappa shape index (κ3) is 5.97. The minimum absolute atomic E-state index is 0.0715. The van der Waals surface area contributed by atoms with Gasteiger partial charge in [-0.25, -0.2) is 13.1 Å². The molecule has 2 N–H and O–H groups in total. The Labute approximate surface area is 107 Å². The molecule has 106 valence electrons. The summed E-state index contributed by atoms with van der Waals surface area (Å²) in [5, 5.41) is 8.93. The second-order valence-corrected chi connectivity index (χ2v) is 5.64. The number of esters is 1. The van der Waals surface area contributed by atoms with Crippen LogP contribution < -0.4 is 4.72 Å². The first kappa shape index (κ1) is 16.9. The number of sulfonamides is 1. The molecule has 8 heteroatoms. The van der Waals surface area contributed by atoms with E-state index in [1.165, 1.54) is 0 Å². The van der Waals surface area contributed by atoms with Gasteiger partial charge in [0.25, 0.3) is 0 Å². The van der Waals surface area contributed by atoms with E-state index in [2.05, 4.69) is 4.74 Å². The Morgan fingerprint density at radius 3 is 2.28 bits per heavy atom. The zero-order valence-corrected chi connectivity index (χ0v) is 11.5. The van der Waals surface area contributed by atoms with Crippen molar-refractivity contribution in [2.75, 3.05) is 12.4 Å². The second kappa shape index (κ2) is 7.32. The minimum Gasteiger partial charge on any atom is -0.480 e. The highest BCUT2D eigenvalue weighted by atomic mass is 32.2. The van der Waals surface area contributed by atoms with Crippen LogP contribution in [0, 0.1) is 5.92 Å². The van der Waals surface area contributed by atoms with Gasteiger partial charge in [0, 0.05) is 0 Å². The van der Waals surface area contributed by atoms with Crippen LogP contribution in [0.3, 0.4) is 0 Å². The number of carboxylic acids is 1. The molecule has 0 saturated carbocycles. The molecule has 0 bridgehead atoms. The van der Waals surface area contributed by atoms with Crippen molar-refractivity contribution in [2.45, 2.75) is 33.2 Å². The van der Waals surface area contributed by atoms with Gasteiger partial charge in [0.05, 0.1) is 6.61 Å². The van der Waals surface area contributed by atoms with Gasteiger partial charge in [-0.15, -0.1) is 0 Å². The summed E-state index contributed by atoms with van der Waals surface area (Å²) in [5.74, 6) is -3.42. The average Bonchev–Trinajstić information content (AvgIpc) is 2.24. The van der Waals surface area contributed by atoms with E-state index in [4.69, 9.17) is 5.11 Å². The van der Waals surface area contributed by atoms with E-state index in [9.17, 15) is 18.0 Å². The third-order valence-corrected chi connectivity index (χ3v) is 3.63. The summed E-state index contributed by atoms with van der Waals surface area (Å²) in [6.07, 6.45) is 0.499. The summed E-state index contributed by atoms with van der Waals surface area (Å²) in [5.41, 5.74) is 0. The molecule has 0 aliphatic heterocycles. The first-order chi connectivity index (χ1) is 8.23. The summed E-state index contributed by atoms with van der Waals surface area (Å²) in [7, 11) is -4.01. The average molecular weight is 281 g/mol. The molecule has 0 aromatic rings. The lowest BCUT2D eigenvalue weighted by Gasteiger charge is -2.19. The Hall–Kier alpha value is -1.15. The van der Waals surface area contributed by atoms with Crippen molar-refractivity contribution in [3.05, 3.63) is 0 Å². The molecule has 2 atom stereocenters. The van der Waals surface area contributed by atoms with Gasteiger partial charge in [-0.2, -0.15) is 0 Å². The van der Waals surface area contributed by atoms with Gasteiger partial charge in [-0.1, -0.05) is 20.3 Å². The molecule has 0 fully saturated rings. The number of ether oxygens (including phenoxy) is 1. The summed E-state index contributed by atoms with van der Waals surface area (Å²) >= 11 is 0. The lowest BCUT2D eigenvalue weighted by Crippen LogP contribution is -2.46. The van der Waals surface area contributed by atoms with Gasteiger partial charge >= 0.3 is 11.9 Å². The Balaban J connectivity index is 4.72. The normalized spacial score (nSPS) is 14.8. The molecule has 0 amide bonds. The Morgan fingerprint density at radius 2 is 1.89 bits per heavy atom. The lowest BCUT2D eigenvalue weighted by molar-refractivity contribution is -0.141. The van der Waals surface area contributed by atoms with Gasteiger partial charge in [-0.3, -0.25) is 9.59 Å². The summed E-state index contributed by atoms with van der Waals surface area (Å²) in [6, 6.07) is -1.24. The molecular formula is C10H19NO6S. The van der Waals surface area contributed by atoms with Gasteiger partial charge in [0.1, 0.15) is 6.04 Å². The lowest BCUT2D eigenvalue weighted by atomic mass is 10.0. The van der Waals surface area contributed by atoms with E-state index in [-0.39, 0.29) is 12.5 Å². The number of hydrogen-bond donors (Lipinski definition) is 2. The maximum absolute atomic E-state index is 11.6. The zero-order chi connectivity index (χ0) is 14.3. The number of nitrogens with one attached hydrogen (secondary N) is 1. The maximum atomic E-state index is 11.6. The Bertz CT molecular complexity index is 391. The summed E-state index contributed by atoms with van der Waals surface area (Å²) in [6.45, 7) is 4.99. The van der Waals surface area contributed by atoms with Crippen molar-refractivity contribution in [1.82, 2.24) is 4.72 Å². The van der Waals surface area contributed by atoms with E-state index >= 15 is 0 Å². The summed E-state index contributed by atoms with van der Waals surface area (Å²) in [4.78, 5) is 22.0. The molecule has 0 aromatic heterocycles. The van der Waals surface area contributed by atoms with Crippen LogP contribution in [0.25, 0.3) is 0 Å². The molecule has 0 rings (SSSR count). The first-order valence-electron chi connectivity index (χ1n) is 5.61. The predicted octanol–water partition coefficient (Wildman–Crippen LogP) is -0.0318. The smallest absolute Gasteiger partial charge is 0.322 e. The van der Waals surface area contributed by atoms with E-state index in [0.717, 1.165) is 0 Å². The molecule has 0 radical (unpaired) electrons. The SMILES string of the molecule is CCOC(=O)CS(=O)(=O)N[C@H](C(=O)O)[C@@H](C)CC. The van der Waals surface area contributed by atoms with Gasteiger partial charge in [0.2, 0.25) is 10.0 Å². The van der Waals surface area contributed by atoms with Crippen LogP contribution in [0.2, 0.25) is 0 Å². The van der Waals surface area contributed by atoms with Crippen LogP contribution in [0.5, 0.6) is 0 Å². The van der Waals surface area contributed by atoms with Crippen molar-refractivity contribution in [3.63, 3.8) is 0 Å². The van der Waals surface area contributed by atoms with Crippen molar-refractivity contribution in [3.8, 4) is 0 Å². The van der Waals surface area contributed by atoms with E-state index in [1.807, 2.05) is 4.72 Å². The molecule has 0 aliphatic carbocycles. The fourth-order valence-electron chi connectivity index (χ4n) is 1.24. The number of carbonyl (C=O) groups excluding carboxylic acids is 1. The number of hydrogen-bond acceptors (Lipinski definition) is 5. The van der Waals surface area contributed by atoms with Gasteiger partial charge in [-0.05, 0) is 12.8 Å². The van der Waals surface area contributed by atoms with Crippen molar-refractivity contribution < 1.29 is 27.9 Å². The largest absolute Gasteiger partial charge is 0.480 e. The number of carboxylic acid groups (broad SMARTS) is 1. The number of rotatable bonds is 8. The maximum Gasteiger partial charge on any atom is 0.322 e. The molecule has 18 heavy (non-hydrogen) atoms. The second-order valence-electron chi connectivity index (χ2n) is 3.88. The molecule has 0 unspecified atom stereocenters. The zero-order valence-electron chi connectivity index (χ0n) is 10.7. The number of aliphatic carboxylic acids is 1. The molecule has 0 aromatic carbocycles. The highest BCUT2D eigenvalue weighted by Gasteiger charge is 2.29. The number of carbonyl (C=O) groups is 2. The van der Waals surface area contributed by atoms with Gasteiger partial charge in [0.15, 0.2) is 5.75 Å². The molecular weight excluding hydrogens is 262 g/mol. The molecule has 7 nitrogen and oxygen atoms in total. The quantitative estimate of drug-likeness (QED) is 0.604. The van der Waals surface area contributed by atoms with Crippen molar-refractivity contribution in [2.24, 2.45) is 5.92 Å². The third-order valence-electron chi connectivity index (χ3n) is 2.40. The van der Waals surface area contributed by atoms with Crippen LogP contribution in [0.1, 0.15) is 27.2 Å². The molecule has 0 aliphatic rings. The fraction of sp³-hybridized carbons (Fsp3) is 0.800. The first-order valence-corrected chi connectivity index (χ1v) is 7.27. The van der Waals surface area contributed by atoms with Crippen LogP contribution in [-0.4, -0.2) is 43.9 Å². The van der Waals surface area contributed by atoms with Crippen molar-refractivity contribution in [1.29, 1.82) is 0 Å². The topological polar surface area (TPSA) is 110 Å². The Morgan fingerprint density at radius 1 is 1.33 bits per heavy atom. The summed E-state index contributed by atoms with van der Waals surface area (Å²) < 4.78 is 29.7.